The fourth-order valence-electron chi connectivity index (χ4n) is 3.30. The maximum absolute atomic E-state index is 12.4. The van der Waals surface area contributed by atoms with E-state index in [-0.39, 0.29) is 11.7 Å². The van der Waals surface area contributed by atoms with Crippen molar-refractivity contribution in [2.45, 2.75) is 62.7 Å². The van der Waals surface area contributed by atoms with E-state index < -0.39 is 5.54 Å². The van der Waals surface area contributed by atoms with E-state index in [9.17, 15) is 10.1 Å². The minimum Gasteiger partial charge on any atom is -0.461 e. The Labute approximate surface area is 157 Å². The van der Waals surface area contributed by atoms with Crippen LogP contribution in [0.2, 0.25) is 0 Å². The first-order valence-corrected chi connectivity index (χ1v) is 9.98. The molecule has 26 heavy (non-hydrogen) atoms. The van der Waals surface area contributed by atoms with Crippen molar-refractivity contribution in [2.75, 3.05) is 5.75 Å². The van der Waals surface area contributed by atoms with Gasteiger partial charge in [-0.2, -0.15) is 5.26 Å². The number of carbonyl (C=O) groups is 1. The van der Waals surface area contributed by atoms with Crippen LogP contribution in [-0.2, 0) is 11.3 Å². The number of nitrogens with one attached hydrogen (secondary N) is 1. The smallest absolute Gasteiger partial charge is 0.231 e. The molecule has 0 aromatic carbocycles. The van der Waals surface area contributed by atoms with E-state index in [0.717, 1.165) is 38.5 Å². The zero-order valence-electron chi connectivity index (χ0n) is 14.9. The van der Waals surface area contributed by atoms with Gasteiger partial charge in [0.2, 0.25) is 5.91 Å². The third-order valence-electron chi connectivity index (χ3n) is 4.66. The highest BCUT2D eigenvalue weighted by Gasteiger charge is 2.32. The molecule has 2 heterocycles. The standard InChI is InChI=1S/C18H23N5O2S/c1-2-23-16(14-8-7-11-25-14)21-22-17(23)26-12-15(24)20-18(13-19)9-5-3-4-6-10-18/h7-8,11H,2-6,9-10,12H2,1H3,(H,20,24). The lowest BCUT2D eigenvalue weighted by atomic mass is 9.92. The lowest BCUT2D eigenvalue weighted by Crippen LogP contribution is -2.47. The van der Waals surface area contributed by atoms with Crippen LogP contribution in [0.1, 0.15) is 45.4 Å². The van der Waals surface area contributed by atoms with E-state index in [4.69, 9.17) is 4.42 Å². The van der Waals surface area contributed by atoms with E-state index >= 15 is 0 Å². The van der Waals surface area contributed by atoms with Crippen molar-refractivity contribution in [3.8, 4) is 17.7 Å². The number of carbonyl (C=O) groups excluding carboxylic acids is 1. The first-order chi connectivity index (χ1) is 12.7. The Hall–Kier alpha value is -2.27. The third kappa shape index (κ3) is 4.10. The van der Waals surface area contributed by atoms with Crippen LogP contribution in [0, 0.1) is 11.3 Å². The maximum Gasteiger partial charge on any atom is 0.231 e. The fourth-order valence-corrected chi connectivity index (χ4v) is 4.10. The van der Waals surface area contributed by atoms with Gasteiger partial charge in [0.05, 0.1) is 18.1 Å². The number of amides is 1. The van der Waals surface area contributed by atoms with Crippen LogP contribution in [0.4, 0.5) is 0 Å². The number of hydrogen-bond acceptors (Lipinski definition) is 6. The van der Waals surface area contributed by atoms with Crippen LogP contribution in [-0.4, -0.2) is 32.0 Å². The molecule has 1 aliphatic carbocycles. The molecular formula is C18H23N5O2S. The van der Waals surface area contributed by atoms with E-state index in [1.165, 1.54) is 11.8 Å². The van der Waals surface area contributed by atoms with Gasteiger partial charge in [-0.3, -0.25) is 9.36 Å². The zero-order chi connectivity index (χ0) is 18.4. The molecule has 0 aliphatic heterocycles. The molecule has 0 saturated heterocycles. The second kappa shape index (κ2) is 8.41. The van der Waals surface area contributed by atoms with E-state index in [1.54, 1.807) is 12.3 Å². The number of thioether (sulfide) groups is 1. The molecule has 0 radical (unpaired) electrons. The highest BCUT2D eigenvalue weighted by atomic mass is 32.2. The Balaban J connectivity index is 1.64. The van der Waals surface area contributed by atoms with E-state index in [0.29, 0.717) is 23.3 Å². The number of nitrogens with zero attached hydrogens (tertiary/aromatic N) is 4. The third-order valence-corrected chi connectivity index (χ3v) is 5.62. The van der Waals surface area contributed by atoms with Crippen molar-refractivity contribution < 1.29 is 9.21 Å². The van der Waals surface area contributed by atoms with E-state index in [2.05, 4.69) is 21.6 Å². The summed E-state index contributed by atoms with van der Waals surface area (Å²) in [6.45, 7) is 2.67. The summed E-state index contributed by atoms with van der Waals surface area (Å²) in [6, 6.07) is 5.98. The molecule has 1 aliphatic rings. The monoisotopic (exact) mass is 373 g/mol. The predicted octanol–water partition coefficient (Wildman–Crippen LogP) is 3.38. The van der Waals surface area contributed by atoms with Crippen molar-refractivity contribution in [1.82, 2.24) is 20.1 Å². The summed E-state index contributed by atoms with van der Waals surface area (Å²) in [5.41, 5.74) is -0.716. The molecule has 2 aromatic rings. The van der Waals surface area contributed by atoms with Crippen LogP contribution < -0.4 is 5.32 Å². The Morgan fingerprint density at radius 3 is 2.77 bits per heavy atom. The first kappa shape index (κ1) is 18.5. The van der Waals surface area contributed by atoms with Crippen LogP contribution in [0.25, 0.3) is 11.6 Å². The van der Waals surface area contributed by atoms with Gasteiger partial charge in [-0.05, 0) is 31.9 Å². The average molecular weight is 373 g/mol. The summed E-state index contributed by atoms with van der Waals surface area (Å²) in [7, 11) is 0. The number of aromatic nitrogens is 3. The molecule has 0 atom stereocenters. The number of hydrogen-bond donors (Lipinski definition) is 1. The van der Waals surface area contributed by atoms with Crippen molar-refractivity contribution in [2.24, 2.45) is 0 Å². The SMILES string of the molecule is CCn1c(SCC(=O)NC2(C#N)CCCCCC2)nnc1-c1ccco1. The average Bonchev–Trinajstić information content (AvgIpc) is 3.26. The second-order valence-electron chi connectivity index (χ2n) is 6.47. The van der Waals surface area contributed by atoms with Crippen LogP contribution in [0.3, 0.4) is 0 Å². The minimum atomic E-state index is -0.716. The summed E-state index contributed by atoms with van der Waals surface area (Å²) < 4.78 is 7.31. The van der Waals surface area contributed by atoms with E-state index in [1.807, 2.05) is 17.6 Å². The minimum absolute atomic E-state index is 0.136. The summed E-state index contributed by atoms with van der Waals surface area (Å²) in [4.78, 5) is 12.4. The van der Waals surface area contributed by atoms with Gasteiger partial charge in [-0.25, -0.2) is 0 Å². The molecule has 138 valence electrons. The molecule has 0 spiro atoms. The lowest BCUT2D eigenvalue weighted by molar-refractivity contribution is -0.120. The molecule has 1 N–H and O–H groups in total. The van der Waals surface area contributed by atoms with Crippen LogP contribution >= 0.6 is 11.8 Å². The van der Waals surface area contributed by atoms with Gasteiger partial charge >= 0.3 is 0 Å². The second-order valence-corrected chi connectivity index (χ2v) is 7.42. The van der Waals surface area contributed by atoms with Crippen LogP contribution in [0.5, 0.6) is 0 Å². The van der Waals surface area contributed by atoms with Gasteiger partial charge in [0, 0.05) is 6.54 Å². The van der Waals surface area contributed by atoms with Gasteiger partial charge in [-0.15, -0.1) is 10.2 Å². The van der Waals surface area contributed by atoms with Gasteiger partial charge in [0.1, 0.15) is 5.54 Å². The Bertz CT molecular complexity index is 770. The first-order valence-electron chi connectivity index (χ1n) is 8.99. The number of furan rings is 1. The van der Waals surface area contributed by atoms with Crippen LogP contribution in [0.15, 0.2) is 28.0 Å². The lowest BCUT2D eigenvalue weighted by Gasteiger charge is -2.26. The summed E-state index contributed by atoms with van der Waals surface area (Å²) >= 11 is 1.33. The summed E-state index contributed by atoms with van der Waals surface area (Å²) in [5, 5.41) is 21.6. The molecule has 0 bridgehead atoms. The molecular weight excluding hydrogens is 350 g/mol. The largest absolute Gasteiger partial charge is 0.461 e. The molecule has 1 amide bonds. The van der Waals surface area contributed by atoms with Crippen molar-refractivity contribution in [1.29, 1.82) is 5.26 Å². The molecule has 2 aromatic heterocycles. The molecule has 3 rings (SSSR count). The number of nitriles is 1. The van der Waals surface area contributed by atoms with Gasteiger partial charge in [-0.1, -0.05) is 37.4 Å². The normalized spacial score (nSPS) is 16.6. The maximum atomic E-state index is 12.4. The Morgan fingerprint density at radius 2 is 2.15 bits per heavy atom. The molecule has 1 fully saturated rings. The molecule has 7 nitrogen and oxygen atoms in total. The highest BCUT2D eigenvalue weighted by molar-refractivity contribution is 7.99. The van der Waals surface area contributed by atoms with Crippen molar-refractivity contribution in [3.63, 3.8) is 0 Å². The highest BCUT2D eigenvalue weighted by Crippen LogP contribution is 2.28. The van der Waals surface area contributed by atoms with Gasteiger partial charge in [0.25, 0.3) is 0 Å². The Morgan fingerprint density at radius 1 is 1.38 bits per heavy atom. The number of rotatable bonds is 6. The topological polar surface area (TPSA) is 96.7 Å². The summed E-state index contributed by atoms with van der Waals surface area (Å²) in [6.07, 6.45) is 7.28. The Kier molecular flexibility index (Phi) is 5.99. The zero-order valence-corrected chi connectivity index (χ0v) is 15.7. The summed E-state index contributed by atoms with van der Waals surface area (Å²) in [5.74, 6) is 1.37. The molecule has 0 unspecified atom stereocenters. The fraction of sp³-hybridized carbons (Fsp3) is 0.556. The molecule has 8 heteroatoms. The van der Waals surface area contributed by atoms with Crippen molar-refractivity contribution in [3.05, 3.63) is 18.4 Å². The quantitative estimate of drug-likeness (QED) is 0.616. The van der Waals surface area contributed by atoms with Crippen molar-refractivity contribution >= 4 is 17.7 Å². The molecule has 1 saturated carbocycles. The predicted molar refractivity (Wildman–Crippen MR) is 98.3 cm³/mol. The van der Waals surface area contributed by atoms with Gasteiger partial charge < -0.3 is 9.73 Å². The van der Waals surface area contributed by atoms with Gasteiger partial charge in [0.15, 0.2) is 16.7 Å².